The Hall–Kier alpha value is -1.02. The molecule has 4 nitrogen and oxygen atoms in total. The molecular formula is C8H12O4S. The van der Waals surface area contributed by atoms with E-state index in [-0.39, 0.29) is 0 Å². The fourth-order valence-corrected chi connectivity index (χ4v) is 2.61. The molecule has 0 aromatic heterocycles. The largest absolute Gasteiger partial charge is 0.480 e. The van der Waals surface area contributed by atoms with Crippen LogP contribution in [0.5, 0.6) is 0 Å². The molecule has 0 heterocycles. The minimum Gasteiger partial charge on any atom is -0.480 e. The van der Waals surface area contributed by atoms with Crippen LogP contribution in [0.25, 0.3) is 0 Å². The number of aliphatic carboxylic acids is 1. The van der Waals surface area contributed by atoms with Gasteiger partial charge in [0.25, 0.3) is 0 Å². The molecule has 0 aliphatic rings. The molecule has 13 heavy (non-hydrogen) atoms. The van der Waals surface area contributed by atoms with Gasteiger partial charge in [-0.25, -0.2) is 8.42 Å². The maximum atomic E-state index is 11.3. The molecule has 0 fully saturated rings. The number of carboxylic acids is 1. The first-order chi connectivity index (χ1) is 5.83. The molecule has 74 valence electrons. The highest BCUT2D eigenvalue weighted by atomic mass is 32.2. The van der Waals surface area contributed by atoms with Crippen molar-refractivity contribution in [1.29, 1.82) is 0 Å². The van der Waals surface area contributed by atoms with Gasteiger partial charge in [0, 0.05) is 0 Å². The summed E-state index contributed by atoms with van der Waals surface area (Å²) in [6, 6.07) is 0. The molecule has 5 heteroatoms. The van der Waals surface area contributed by atoms with Crippen molar-refractivity contribution in [3.63, 3.8) is 0 Å². The van der Waals surface area contributed by atoms with Crippen molar-refractivity contribution >= 4 is 15.8 Å². The SMILES string of the molecule is C#CCS(=O)(=O)C(C(=O)O)C(C)C. The van der Waals surface area contributed by atoms with Crippen LogP contribution < -0.4 is 0 Å². The third-order valence-corrected chi connectivity index (χ3v) is 3.61. The number of sulfone groups is 1. The van der Waals surface area contributed by atoms with Crippen LogP contribution in [0.1, 0.15) is 13.8 Å². The zero-order valence-electron chi connectivity index (χ0n) is 7.52. The lowest BCUT2D eigenvalue weighted by atomic mass is 10.1. The molecule has 0 aliphatic carbocycles. The van der Waals surface area contributed by atoms with Crippen LogP contribution in [0.3, 0.4) is 0 Å². The van der Waals surface area contributed by atoms with Crippen molar-refractivity contribution in [2.45, 2.75) is 19.1 Å². The summed E-state index contributed by atoms with van der Waals surface area (Å²) in [5.74, 6) is -0.397. The second kappa shape index (κ2) is 4.28. The van der Waals surface area contributed by atoms with Gasteiger partial charge in [-0.05, 0) is 5.92 Å². The number of terminal acetylenes is 1. The van der Waals surface area contributed by atoms with Crippen LogP contribution in [0, 0.1) is 18.3 Å². The smallest absolute Gasteiger partial charge is 0.322 e. The molecule has 0 aromatic carbocycles. The van der Waals surface area contributed by atoms with E-state index in [1.807, 2.05) is 5.92 Å². The Bertz CT molecular complexity index is 321. The van der Waals surface area contributed by atoms with E-state index in [1.54, 1.807) is 0 Å². The third-order valence-electron chi connectivity index (χ3n) is 1.52. The predicted molar refractivity (Wildman–Crippen MR) is 48.9 cm³/mol. The van der Waals surface area contributed by atoms with Crippen molar-refractivity contribution in [2.75, 3.05) is 5.75 Å². The molecule has 0 saturated heterocycles. The molecule has 0 aliphatic heterocycles. The van der Waals surface area contributed by atoms with Crippen LogP contribution in [-0.4, -0.2) is 30.5 Å². The van der Waals surface area contributed by atoms with E-state index in [0.717, 1.165) is 0 Å². The topological polar surface area (TPSA) is 71.4 Å². The maximum absolute atomic E-state index is 11.3. The highest BCUT2D eigenvalue weighted by Gasteiger charge is 2.34. The van der Waals surface area contributed by atoms with Crippen molar-refractivity contribution in [3.8, 4) is 12.3 Å². The lowest BCUT2D eigenvalue weighted by Crippen LogP contribution is -2.36. The minimum absolute atomic E-state index is 0.476. The van der Waals surface area contributed by atoms with E-state index in [2.05, 4.69) is 0 Å². The zero-order chi connectivity index (χ0) is 10.6. The summed E-state index contributed by atoms with van der Waals surface area (Å²) >= 11 is 0. The van der Waals surface area contributed by atoms with E-state index < -0.39 is 32.7 Å². The Morgan fingerprint density at radius 2 is 2.00 bits per heavy atom. The molecule has 0 amide bonds. The van der Waals surface area contributed by atoms with E-state index in [1.165, 1.54) is 13.8 Å². The second-order valence-electron chi connectivity index (χ2n) is 3.01. The molecule has 1 N–H and O–H groups in total. The Morgan fingerprint density at radius 1 is 1.54 bits per heavy atom. The summed E-state index contributed by atoms with van der Waals surface area (Å²) in [4.78, 5) is 10.6. The lowest BCUT2D eigenvalue weighted by Gasteiger charge is -2.14. The first-order valence-electron chi connectivity index (χ1n) is 3.70. The Morgan fingerprint density at radius 3 is 2.23 bits per heavy atom. The van der Waals surface area contributed by atoms with Crippen molar-refractivity contribution < 1.29 is 18.3 Å². The van der Waals surface area contributed by atoms with Crippen LogP contribution in [0.4, 0.5) is 0 Å². The maximum Gasteiger partial charge on any atom is 0.322 e. The molecular weight excluding hydrogens is 192 g/mol. The van der Waals surface area contributed by atoms with E-state index in [0.29, 0.717) is 0 Å². The van der Waals surface area contributed by atoms with Gasteiger partial charge in [-0.3, -0.25) is 4.79 Å². The highest BCUT2D eigenvalue weighted by Crippen LogP contribution is 2.13. The zero-order valence-corrected chi connectivity index (χ0v) is 8.34. The number of carboxylic acid groups (broad SMARTS) is 1. The summed E-state index contributed by atoms with van der Waals surface area (Å²) in [5, 5.41) is 7.26. The Balaban J connectivity index is 4.99. The number of hydrogen-bond acceptors (Lipinski definition) is 3. The molecule has 0 aromatic rings. The van der Waals surface area contributed by atoms with Gasteiger partial charge in [0.1, 0.15) is 5.75 Å². The van der Waals surface area contributed by atoms with Crippen LogP contribution in [-0.2, 0) is 14.6 Å². The van der Waals surface area contributed by atoms with Crippen molar-refractivity contribution in [2.24, 2.45) is 5.92 Å². The van der Waals surface area contributed by atoms with E-state index in [9.17, 15) is 13.2 Å². The number of hydrogen-bond donors (Lipinski definition) is 1. The van der Waals surface area contributed by atoms with Crippen molar-refractivity contribution in [3.05, 3.63) is 0 Å². The van der Waals surface area contributed by atoms with Gasteiger partial charge in [0.2, 0.25) is 0 Å². The third kappa shape index (κ3) is 3.07. The first-order valence-corrected chi connectivity index (χ1v) is 5.42. The fourth-order valence-electron chi connectivity index (χ4n) is 1.06. The quantitative estimate of drug-likeness (QED) is 0.661. The van der Waals surface area contributed by atoms with Gasteiger partial charge in [0.05, 0.1) is 0 Å². The number of rotatable bonds is 4. The molecule has 0 saturated carbocycles. The van der Waals surface area contributed by atoms with Gasteiger partial charge in [-0.2, -0.15) is 0 Å². The molecule has 0 radical (unpaired) electrons. The Labute approximate surface area is 77.9 Å². The van der Waals surface area contributed by atoms with Crippen molar-refractivity contribution in [1.82, 2.24) is 0 Å². The summed E-state index contributed by atoms with van der Waals surface area (Å²) in [6.07, 6.45) is 4.83. The predicted octanol–water partition coefficient (Wildman–Crippen LogP) is 0.144. The molecule has 1 unspecified atom stereocenters. The van der Waals surface area contributed by atoms with Gasteiger partial charge in [-0.15, -0.1) is 6.42 Å². The molecule has 0 bridgehead atoms. The van der Waals surface area contributed by atoms with Gasteiger partial charge >= 0.3 is 5.97 Å². The minimum atomic E-state index is -3.71. The second-order valence-corrected chi connectivity index (χ2v) is 5.14. The Kier molecular flexibility index (Phi) is 3.95. The molecule has 0 spiro atoms. The molecule has 0 rings (SSSR count). The van der Waals surface area contributed by atoms with Crippen LogP contribution in [0.15, 0.2) is 0 Å². The normalized spacial score (nSPS) is 13.7. The van der Waals surface area contributed by atoms with Crippen LogP contribution >= 0.6 is 0 Å². The van der Waals surface area contributed by atoms with E-state index in [4.69, 9.17) is 11.5 Å². The van der Waals surface area contributed by atoms with Gasteiger partial charge in [-0.1, -0.05) is 19.8 Å². The standard InChI is InChI=1S/C8H12O4S/c1-4-5-13(11,12)7(6(2)3)8(9)10/h1,6-7H,5H2,2-3H3,(H,9,10). The highest BCUT2D eigenvalue weighted by molar-refractivity contribution is 7.93. The molecule has 1 atom stereocenters. The van der Waals surface area contributed by atoms with Gasteiger partial charge in [0.15, 0.2) is 15.1 Å². The lowest BCUT2D eigenvalue weighted by molar-refractivity contribution is -0.137. The van der Waals surface area contributed by atoms with E-state index >= 15 is 0 Å². The monoisotopic (exact) mass is 204 g/mol. The average Bonchev–Trinajstić information content (AvgIpc) is 1.82. The van der Waals surface area contributed by atoms with Gasteiger partial charge < -0.3 is 5.11 Å². The summed E-state index contributed by atoms with van der Waals surface area (Å²) < 4.78 is 22.6. The summed E-state index contributed by atoms with van der Waals surface area (Å²) in [7, 11) is -3.71. The average molecular weight is 204 g/mol. The summed E-state index contributed by atoms with van der Waals surface area (Å²) in [5.41, 5.74) is 0. The first kappa shape index (κ1) is 12.0. The van der Waals surface area contributed by atoms with Crippen LogP contribution in [0.2, 0.25) is 0 Å². The number of carbonyl (C=O) groups is 1. The summed E-state index contributed by atoms with van der Waals surface area (Å²) in [6.45, 7) is 3.07. The fraction of sp³-hybridized carbons (Fsp3) is 0.625.